The third-order valence-corrected chi connectivity index (χ3v) is 2.41. The van der Waals surface area contributed by atoms with Crippen LogP contribution in [0.4, 0.5) is 5.69 Å². The molecule has 0 spiro atoms. The van der Waals surface area contributed by atoms with Gasteiger partial charge in [-0.1, -0.05) is 6.07 Å². The molecular weight excluding hydrogens is 232 g/mol. The number of amides is 1. The maximum atomic E-state index is 11.6. The predicted octanol–water partition coefficient (Wildman–Crippen LogP) is 0.982. The van der Waals surface area contributed by atoms with Crippen molar-refractivity contribution < 1.29 is 14.7 Å². The number of hydrogen-bond donors (Lipinski definition) is 3. The number of hydrogen-bond acceptors (Lipinski definition) is 3. The van der Waals surface area contributed by atoms with Gasteiger partial charge in [-0.05, 0) is 24.6 Å². The first kappa shape index (κ1) is 13.7. The van der Waals surface area contributed by atoms with Gasteiger partial charge in [-0.3, -0.25) is 4.79 Å². The molecule has 94 valence electrons. The number of nitrogens with two attached hydrogens (primary N) is 1. The number of terminal acetylenes is 1. The minimum Gasteiger partial charge on any atom is -0.478 e. The van der Waals surface area contributed by atoms with E-state index >= 15 is 0 Å². The second-order valence-corrected chi connectivity index (χ2v) is 3.84. The van der Waals surface area contributed by atoms with Gasteiger partial charge in [0, 0.05) is 12.1 Å². The van der Waals surface area contributed by atoms with Crippen LogP contribution in [0, 0.1) is 19.3 Å². The highest BCUT2D eigenvalue weighted by Gasteiger charge is 2.14. The normalized spacial score (nSPS) is 11.4. The van der Waals surface area contributed by atoms with E-state index in [1.807, 2.05) is 0 Å². The fraction of sp³-hybridized carbons (Fsp3) is 0.231. The Kier molecular flexibility index (Phi) is 4.46. The zero-order valence-electron chi connectivity index (χ0n) is 9.93. The van der Waals surface area contributed by atoms with Crippen LogP contribution in [-0.2, 0) is 4.79 Å². The highest BCUT2D eigenvalue weighted by Crippen LogP contribution is 2.15. The first-order valence-electron chi connectivity index (χ1n) is 5.29. The Balaban J connectivity index is 2.86. The number of carboxylic acid groups (broad SMARTS) is 1. The largest absolute Gasteiger partial charge is 0.478 e. The summed E-state index contributed by atoms with van der Waals surface area (Å²) in [6.07, 6.45) is 5.19. The second kappa shape index (κ2) is 5.84. The lowest BCUT2D eigenvalue weighted by molar-refractivity contribution is -0.117. The van der Waals surface area contributed by atoms with Gasteiger partial charge in [0.1, 0.15) is 0 Å². The molecule has 18 heavy (non-hydrogen) atoms. The van der Waals surface area contributed by atoms with E-state index < -0.39 is 17.9 Å². The Bertz CT molecular complexity index is 517. The van der Waals surface area contributed by atoms with E-state index in [0.29, 0.717) is 11.3 Å². The van der Waals surface area contributed by atoms with Gasteiger partial charge in [-0.25, -0.2) is 4.79 Å². The lowest BCUT2D eigenvalue weighted by Crippen LogP contribution is -2.35. The molecule has 0 saturated carbocycles. The Morgan fingerprint density at radius 3 is 2.78 bits per heavy atom. The first-order chi connectivity index (χ1) is 8.45. The summed E-state index contributed by atoms with van der Waals surface area (Å²) in [5, 5.41) is 11.5. The molecule has 0 aliphatic heterocycles. The average Bonchev–Trinajstić information content (AvgIpc) is 2.31. The monoisotopic (exact) mass is 246 g/mol. The van der Waals surface area contributed by atoms with Crippen LogP contribution in [0.15, 0.2) is 18.2 Å². The zero-order chi connectivity index (χ0) is 13.7. The smallest absolute Gasteiger partial charge is 0.336 e. The number of anilines is 1. The maximum absolute atomic E-state index is 11.6. The number of benzene rings is 1. The van der Waals surface area contributed by atoms with Gasteiger partial charge < -0.3 is 16.2 Å². The Morgan fingerprint density at radius 2 is 2.22 bits per heavy atom. The fourth-order valence-corrected chi connectivity index (χ4v) is 1.38. The SMILES string of the molecule is C#CCC(N)C(=O)Nc1ccc(C)c(C(=O)O)c1. The molecule has 1 rings (SSSR count). The molecule has 4 N–H and O–H groups in total. The van der Waals surface area contributed by atoms with Crippen molar-refractivity contribution in [3.05, 3.63) is 29.3 Å². The Labute approximate surface area is 105 Å². The number of carboxylic acids is 1. The molecule has 1 aromatic carbocycles. The molecule has 0 aromatic heterocycles. The van der Waals surface area contributed by atoms with Crippen LogP contribution in [0.3, 0.4) is 0 Å². The van der Waals surface area contributed by atoms with Crippen LogP contribution in [-0.4, -0.2) is 23.0 Å². The summed E-state index contributed by atoms with van der Waals surface area (Å²) >= 11 is 0. The van der Waals surface area contributed by atoms with E-state index in [1.165, 1.54) is 6.07 Å². The molecule has 0 fully saturated rings. The molecule has 0 bridgehead atoms. The molecule has 0 aliphatic carbocycles. The molecule has 0 radical (unpaired) electrons. The van der Waals surface area contributed by atoms with Crippen molar-refractivity contribution in [1.82, 2.24) is 0 Å². The van der Waals surface area contributed by atoms with Gasteiger partial charge in [0.25, 0.3) is 0 Å². The maximum Gasteiger partial charge on any atom is 0.336 e. The number of rotatable bonds is 4. The van der Waals surface area contributed by atoms with Crippen molar-refractivity contribution in [2.24, 2.45) is 5.73 Å². The number of aryl methyl sites for hydroxylation is 1. The van der Waals surface area contributed by atoms with Crippen LogP contribution in [0.1, 0.15) is 22.3 Å². The van der Waals surface area contributed by atoms with Gasteiger partial charge in [0.2, 0.25) is 5.91 Å². The lowest BCUT2D eigenvalue weighted by atomic mass is 10.1. The number of nitrogens with one attached hydrogen (secondary N) is 1. The predicted molar refractivity (Wildman–Crippen MR) is 68.2 cm³/mol. The second-order valence-electron chi connectivity index (χ2n) is 3.84. The molecule has 1 amide bonds. The Hall–Kier alpha value is -2.32. The van der Waals surface area contributed by atoms with Gasteiger partial charge in [-0.15, -0.1) is 12.3 Å². The van der Waals surface area contributed by atoms with E-state index in [4.69, 9.17) is 17.3 Å². The van der Waals surface area contributed by atoms with Crippen molar-refractivity contribution >= 4 is 17.6 Å². The molecule has 1 aromatic rings. The van der Waals surface area contributed by atoms with Crippen molar-refractivity contribution in [3.8, 4) is 12.3 Å². The van der Waals surface area contributed by atoms with Gasteiger partial charge in [-0.2, -0.15) is 0 Å². The summed E-state index contributed by atoms with van der Waals surface area (Å²) in [5.74, 6) is 0.811. The molecule has 1 unspecified atom stereocenters. The highest BCUT2D eigenvalue weighted by atomic mass is 16.4. The number of aromatic carboxylic acids is 1. The van der Waals surface area contributed by atoms with Gasteiger partial charge in [0.15, 0.2) is 0 Å². The standard InChI is InChI=1S/C13H14N2O3/c1-3-4-11(14)12(16)15-9-6-5-8(2)10(7-9)13(17)18/h1,5-7,11H,4,14H2,2H3,(H,15,16)(H,17,18). The van der Waals surface area contributed by atoms with Gasteiger partial charge in [0.05, 0.1) is 11.6 Å². The fourth-order valence-electron chi connectivity index (χ4n) is 1.38. The molecule has 1 atom stereocenters. The summed E-state index contributed by atoms with van der Waals surface area (Å²) < 4.78 is 0. The first-order valence-corrected chi connectivity index (χ1v) is 5.29. The summed E-state index contributed by atoms with van der Waals surface area (Å²) in [5.41, 5.74) is 6.67. The highest BCUT2D eigenvalue weighted by molar-refractivity contribution is 5.97. The van der Waals surface area contributed by atoms with E-state index in [-0.39, 0.29) is 12.0 Å². The van der Waals surface area contributed by atoms with Crippen molar-refractivity contribution in [3.63, 3.8) is 0 Å². The average molecular weight is 246 g/mol. The third-order valence-electron chi connectivity index (χ3n) is 2.41. The molecule has 0 saturated heterocycles. The van der Waals surface area contributed by atoms with Crippen LogP contribution >= 0.6 is 0 Å². The number of carbonyl (C=O) groups is 2. The molecule has 5 heteroatoms. The summed E-state index contributed by atoms with van der Waals surface area (Å²) in [7, 11) is 0. The van der Waals surface area contributed by atoms with Crippen molar-refractivity contribution in [1.29, 1.82) is 0 Å². The number of carbonyl (C=O) groups excluding carboxylic acids is 1. The third kappa shape index (κ3) is 3.34. The Morgan fingerprint density at radius 1 is 1.56 bits per heavy atom. The summed E-state index contributed by atoms with van der Waals surface area (Å²) in [6, 6.07) is 3.82. The minimum atomic E-state index is -1.04. The quantitative estimate of drug-likeness (QED) is 0.690. The van der Waals surface area contributed by atoms with Gasteiger partial charge >= 0.3 is 5.97 Å². The minimum absolute atomic E-state index is 0.128. The van der Waals surface area contributed by atoms with E-state index in [9.17, 15) is 9.59 Å². The van der Waals surface area contributed by atoms with E-state index in [0.717, 1.165) is 0 Å². The van der Waals surface area contributed by atoms with E-state index in [1.54, 1.807) is 19.1 Å². The molecule has 0 aliphatic rings. The summed E-state index contributed by atoms with van der Waals surface area (Å²) in [4.78, 5) is 22.5. The topological polar surface area (TPSA) is 92.4 Å². The molecular formula is C13H14N2O3. The lowest BCUT2D eigenvalue weighted by Gasteiger charge is -2.11. The van der Waals surface area contributed by atoms with E-state index in [2.05, 4.69) is 11.2 Å². The van der Waals surface area contributed by atoms with Crippen LogP contribution < -0.4 is 11.1 Å². The van der Waals surface area contributed by atoms with Crippen LogP contribution in [0.2, 0.25) is 0 Å². The van der Waals surface area contributed by atoms with Crippen LogP contribution in [0.25, 0.3) is 0 Å². The van der Waals surface area contributed by atoms with Crippen LogP contribution in [0.5, 0.6) is 0 Å². The van der Waals surface area contributed by atoms with Crippen molar-refractivity contribution in [2.75, 3.05) is 5.32 Å². The molecule has 5 nitrogen and oxygen atoms in total. The van der Waals surface area contributed by atoms with Crippen molar-refractivity contribution in [2.45, 2.75) is 19.4 Å². The molecule has 0 heterocycles. The zero-order valence-corrected chi connectivity index (χ0v) is 9.93. The summed E-state index contributed by atoms with van der Waals surface area (Å²) in [6.45, 7) is 1.68.